The van der Waals surface area contributed by atoms with Crippen LogP contribution in [0.3, 0.4) is 0 Å². The fourth-order valence-corrected chi connectivity index (χ4v) is 2.49. The van der Waals surface area contributed by atoms with Gasteiger partial charge in [0.2, 0.25) is 5.91 Å². The maximum absolute atomic E-state index is 11.0. The molecule has 1 aliphatic heterocycles. The first-order valence-electron chi connectivity index (χ1n) is 5.98. The average molecular weight is 283 g/mol. The Bertz CT molecular complexity index is 513. The van der Waals surface area contributed by atoms with Crippen LogP contribution in [-0.2, 0) is 11.3 Å². The fourth-order valence-electron chi connectivity index (χ4n) is 2.25. The van der Waals surface area contributed by atoms with E-state index in [1.807, 2.05) is 0 Å². The molecule has 1 aromatic rings. The number of carbonyl (C=O) groups is 2. The van der Waals surface area contributed by atoms with Gasteiger partial charge in [-0.05, 0) is 23.6 Å². The number of halogens is 1. The Kier molecular flexibility index (Phi) is 4.07. The molecule has 0 radical (unpaired) electrons. The molecule has 5 nitrogen and oxygen atoms in total. The molecule has 1 heterocycles. The maximum atomic E-state index is 11.0. The second-order valence-corrected chi connectivity index (χ2v) is 5.24. The second-order valence-electron chi connectivity index (χ2n) is 4.83. The number of rotatable bonds is 5. The number of carbonyl (C=O) groups excluding carboxylic acids is 1. The zero-order valence-corrected chi connectivity index (χ0v) is 11.1. The molecule has 0 atom stereocenters. The molecule has 0 unspecified atom stereocenters. The number of hydrogen-bond acceptors (Lipinski definition) is 3. The Morgan fingerprint density at radius 3 is 2.63 bits per heavy atom. The second kappa shape index (κ2) is 5.59. The highest BCUT2D eigenvalue weighted by atomic mass is 35.5. The molecule has 1 saturated heterocycles. The molecule has 1 fully saturated rings. The van der Waals surface area contributed by atoms with E-state index < -0.39 is 11.9 Å². The minimum absolute atomic E-state index is 0.213. The monoisotopic (exact) mass is 282 g/mol. The molecule has 102 valence electrons. The first-order valence-corrected chi connectivity index (χ1v) is 6.36. The quantitative estimate of drug-likeness (QED) is 0.854. The third-order valence-corrected chi connectivity index (χ3v) is 3.58. The van der Waals surface area contributed by atoms with Gasteiger partial charge < -0.3 is 10.8 Å². The van der Waals surface area contributed by atoms with Crippen LogP contribution in [-0.4, -0.2) is 35.0 Å². The average Bonchev–Trinajstić information content (AvgIpc) is 2.27. The predicted molar refractivity (Wildman–Crippen MR) is 71.0 cm³/mol. The Morgan fingerprint density at radius 1 is 1.42 bits per heavy atom. The number of carboxylic acids is 1. The molecule has 0 spiro atoms. The molecule has 1 aliphatic rings. The van der Waals surface area contributed by atoms with Gasteiger partial charge in [0.15, 0.2) is 0 Å². The number of primary amides is 1. The van der Waals surface area contributed by atoms with Gasteiger partial charge in [-0.1, -0.05) is 17.7 Å². The summed E-state index contributed by atoms with van der Waals surface area (Å²) in [4.78, 5) is 23.7. The van der Waals surface area contributed by atoms with E-state index >= 15 is 0 Å². The van der Waals surface area contributed by atoms with Crippen LogP contribution in [0.1, 0.15) is 22.3 Å². The van der Waals surface area contributed by atoms with Crippen molar-refractivity contribution in [3.63, 3.8) is 0 Å². The molecule has 0 bridgehead atoms. The van der Waals surface area contributed by atoms with Crippen molar-refractivity contribution >= 4 is 23.5 Å². The van der Waals surface area contributed by atoms with Crippen LogP contribution < -0.4 is 5.73 Å². The smallest absolute Gasteiger partial charge is 0.303 e. The Labute approximate surface area is 116 Å². The highest BCUT2D eigenvalue weighted by Gasteiger charge is 2.28. The zero-order chi connectivity index (χ0) is 14.0. The summed E-state index contributed by atoms with van der Waals surface area (Å²) in [5, 5.41) is 9.18. The molecular weight excluding hydrogens is 268 g/mol. The van der Waals surface area contributed by atoms with Crippen LogP contribution in [0, 0.1) is 5.92 Å². The summed E-state index contributed by atoms with van der Waals surface area (Å²) in [5.41, 5.74) is 6.48. The summed E-state index contributed by atoms with van der Waals surface area (Å²) in [7, 11) is 0. The topological polar surface area (TPSA) is 83.6 Å². The van der Waals surface area contributed by atoms with E-state index in [1.165, 1.54) is 0 Å². The number of nitrogens with zero attached hydrogens (tertiary/aromatic N) is 1. The summed E-state index contributed by atoms with van der Waals surface area (Å²) >= 11 is 6.09. The third-order valence-electron chi connectivity index (χ3n) is 3.23. The van der Waals surface area contributed by atoms with E-state index in [0.29, 0.717) is 17.1 Å². The van der Waals surface area contributed by atoms with E-state index in [4.69, 9.17) is 22.4 Å². The molecule has 6 heteroatoms. The summed E-state index contributed by atoms with van der Waals surface area (Å²) < 4.78 is 0. The molecule has 0 saturated carbocycles. The lowest BCUT2D eigenvalue weighted by molar-refractivity contribution is -0.139. The van der Waals surface area contributed by atoms with Gasteiger partial charge in [0.1, 0.15) is 0 Å². The van der Waals surface area contributed by atoms with Gasteiger partial charge in [-0.25, -0.2) is 0 Å². The standard InChI is InChI=1S/C13H15ClN2O3/c14-11-4-9(13(15)19)1-2-10(11)7-16-5-8(6-16)3-12(17)18/h1-2,4,8H,3,5-7H2,(H2,15,19)(H,17,18). The van der Waals surface area contributed by atoms with Crippen molar-refractivity contribution in [3.05, 3.63) is 34.3 Å². The fraction of sp³-hybridized carbons (Fsp3) is 0.385. The van der Waals surface area contributed by atoms with Crippen molar-refractivity contribution in [2.24, 2.45) is 11.7 Å². The third kappa shape index (κ3) is 3.45. The van der Waals surface area contributed by atoms with Crippen LogP contribution in [0.25, 0.3) is 0 Å². The predicted octanol–water partition coefficient (Wildman–Crippen LogP) is 1.35. The zero-order valence-electron chi connectivity index (χ0n) is 10.3. The van der Waals surface area contributed by atoms with Crippen molar-refractivity contribution in [3.8, 4) is 0 Å². The van der Waals surface area contributed by atoms with Gasteiger partial charge in [0.05, 0.1) is 6.42 Å². The number of likely N-dealkylation sites (tertiary alicyclic amines) is 1. The summed E-state index contributed by atoms with van der Waals surface area (Å²) in [5.74, 6) is -1.03. The number of hydrogen-bond donors (Lipinski definition) is 2. The molecule has 3 N–H and O–H groups in total. The number of aliphatic carboxylic acids is 1. The van der Waals surface area contributed by atoms with Crippen LogP contribution in [0.4, 0.5) is 0 Å². The van der Waals surface area contributed by atoms with E-state index in [1.54, 1.807) is 18.2 Å². The lowest BCUT2D eigenvalue weighted by Crippen LogP contribution is -2.46. The van der Waals surface area contributed by atoms with Gasteiger partial charge in [-0.2, -0.15) is 0 Å². The van der Waals surface area contributed by atoms with Gasteiger partial charge in [0, 0.05) is 30.2 Å². The number of amides is 1. The number of carboxylic acid groups (broad SMARTS) is 1. The minimum Gasteiger partial charge on any atom is -0.481 e. The van der Waals surface area contributed by atoms with Gasteiger partial charge >= 0.3 is 5.97 Å². The van der Waals surface area contributed by atoms with Crippen LogP contribution >= 0.6 is 11.6 Å². The molecule has 2 rings (SSSR count). The number of nitrogens with two attached hydrogens (primary N) is 1. The molecule has 1 aromatic carbocycles. The van der Waals surface area contributed by atoms with Crippen molar-refractivity contribution < 1.29 is 14.7 Å². The maximum Gasteiger partial charge on any atom is 0.303 e. The normalized spacial score (nSPS) is 16.1. The first-order chi connectivity index (χ1) is 8.95. The van der Waals surface area contributed by atoms with Crippen molar-refractivity contribution in [2.45, 2.75) is 13.0 Å². The van der Waals surface area contributed by atoms with Gasteiger partial charge in [0.25, 0.3) is 0 Å². The van der Waals surface area contributed by atoms with Crippen LogP contribution in [0.2, 0.25) is 5.02 Å². The van der Waals surface area contributed by atoms with Crippen LogP contribution in [0.15, 0.2) is 18.2 Å². The van der Waals surface area contributed by atoms with E-state index in [0.717, 1.165) is 18.7 Å². The molecule has 0 aromatic heterocycles. The highest BCUT2D eigenvalue weighted by Crippen LogP contribution is 2.25. The van der Waals surface area contributed by atoms with Gasteiger partial charge in [-0.15, -0.1) is 0 Å². The van der Waals surface area contributed by atoms with E-state index in [9.17, 15) is 9.59 Å². The SMILES string of the molecule is NC(=O)c1ccc(CN2CC(CC(=O)O)C2)c(Cl)c1. The Morgan fingerprint density at radius 2 is 2.11 bits per heavy atom. The molecule has 0 aliphatic carbocycles. The van der Waals surface area contributed by atoms with E-state index in [-0.39, 0.29) is 12.3 Å². The van der Waals surface area contributed by atoms with E-state index in [2.05, 4.69) is 4.90 Å². The Hall–Kier alpha value is -1.59. The van der Waals surface area contributed by atoms with Crippen LogP contribution in [0.5, 0.6) is 0 Å². The summed E-state index contributed by atoms with van der Waals surface area (Å²) in [6.45, 7) is 2.19. The van der Waals surface area contributed by atoms with Crippen molar-refractivity contribution in [1.82, 2.24) is 4.90 Å². The molecule has 1 amide bonds. The van der Waals surface area contributed by atoms with Crippen molar-refractivity contribution in [1.29, 1.82) is 0 Å². The summed E-state index contributed by atoms with van der Waals surface area (Å²) in [6, 6.07) is 5.00. The number of benzene rings is 1. The lowest BCUT2D eigenvalue weighted by atomic mass is 9.95. The Balaban J connectivity index is 1.91. The largest absolute Gasteiger partial charge is 0.481 e. The minimum atomic E-state index is -0.756. The highest BCUT2D eigenvalue weighted by molar-refractivity contribution is 6.31. The van der Waals surface area contributed by atoms with Crippen molar-refractivity contribution in [2.75, 3.05) is 13.1 Å². The van der Waals surface area contributed by atoms with Gasteiger partial charge in [-0.3, -0.25) is 14.5 Å². The lowest BCUT2D eigenvalue weighted by Gasteiger charge is -2.38. The first kappa shape index (κ1) is 13.8. The molecule has 19 heavy (non-hydrogen) atoms. The summed E-state index contributed by atoms with van der Waals surface area (Å²) in [6.07, 6.45) is 0.213. The molecular formula is C13H15ClN2O3.